The lowest BCUT2D eigenvalue weighted by atomic mass is 10.1. The number of amides is 3. The molecule has 1 aliphatic heterocycles. The fraction of sp³-hybridized carbons (Fsp3) is 0.292. The highest BCUT2D eigenvalue weighted by Gasteiger charge is 2.36. The van der Waals surface area contributed by atoms with E-state index in [0.717, 1.165) is 34.2 Å². The lowest BCUT2D eigenvalue weighted by Crippen LogP contribution is -2.36. The standard InChI is InChI=1S/C24H26N2O4S/c1-5-17(4)30-19-12-7-6-11-18(19)13-20-23(28)26(24(29)31-20)14-21(27)25-22-15(2)9-8-10-16(22)3/h6-13,17H,5,14H2,1-4H3,(H,25,27)/b20-13+/t17-/m0/s1. The van der Waals surface area contributed by atoms with Crippen LogP contribution in [-0.4, -0.2) is 34.6 Å². The van der Waals surface area contributed by atoms with Gasteiger partial charge in [0.1, 0.15) is 12.3 Å². The smallest absolute Gasteiger partial charge is 0.294 e. The van der Waals surface area contributed by atoms with Gasteiger partial charge in [-0.25, -0.2) is 0 Å². The summed E-state index contributed by atoms with van der Waals surface area (Å²) >= 11 is 0.828. The summed E-state index contributed by atoms with van der Waals surface area (Å²) in [7, 11) is 0. The molecule has 0 unspecified atom stereocenters. The zero-order chi connectivity index (χ0) is 22.5. The van der Waals surface area contributed by atoms with Crippen molar-refractivity contribution in [2.24, 2.45) is 0 Å². The fourth-order valence-corrected chi connectivity index (χ4v) is 3.95. The first-order valence-corrected chi connectivity index (χ1v) is 11.0. The van der Waals surface area contributed by atoms with Crippen molar-refractivity contribution in [2.75, 3.05) is 11.9 Å². The number of thioether (sulfide) groups is 1. The number of anilines is 1. The predicted molar refractivity (Wildman–Crippen MR) is 124 cm³/mol. The topological polar surface area (TPSA) is 75.7 Å². The Labute approximate surface area is 186 Å². The number of para-hydroxylation sites is 2. The van der Waals surface area contributed by atoms with Crippen LogP contribution >= 0.6 is 11.8 Å². The summed E-state index contributed by atoms with van der Waals surface area (Å²) in [5.41, 5.74) is 3.25. The van der Waals surface area contributed by atoms with Crippen LogP contribution in [0.15, 0.2) is 47.4 Å². The monoisotopic (exact) mass is 438 g/mol. The molecular weight excluding hydrogens is 412 g/mol. The molecular formula is C24H26N2O4S. The summed E-state index contributed by atoms with van der Waals surface area (Å²) in [6.07, 6.45) is 2.52. The molecule has 1 fully saturated rings. The van der Waals surface area contributed by atoms with Crippen LogP contribution < -0.4 is 10.1 Å². The van der Waals surface area contributed by atoms with Crippen molar-refractivity contribution in [2.45, 2.75) is 40.2 Å². The van der Waals surface area contributed by atoms with E-state index < -0.39 is 17.1 Å². The van der Waals surface area contributed by atoms with Crippen LogP contribution in [0.3, 0.4) is 0 Å². The van der Waals surface area contributed by atoms with Crippen molar-refractivity contribution in [3.05, 3.63) is 64.1 Å². The van der Waals surface area contributed by atoms with E-state index in [0.29, 0.717) is 17.0 Å². The number of carbonyl (C=O) groups is 3. The molecule has 3 amide bonds. The van der Waals surface area contributed by atoms with Gasteiger partial charge < -0.3 is 10.1 Å². The Balaban J connectivity index is 1.75. The van der Waals surface area contributed by atoms with E-state index in [1.165, 1.54) is 0 Å². The van der Waals surface area contributed by atoms with Gasteiger partial charge in [0.05, 0.1) is 11.0 Å². The summed E-state index contributed by atoms with van der Waals surface area (Å²) in [6, 6.07) is 13.1. The van der Waals surface area contributed by atoms with Crippen LogP contribution in [-0.2, 0) is 9.59 Å². The summed E-state index contributed by atoms with van der Waals surface area (Å²) < 4.78 is 5.92. The van der Waals surface area contributed by atoms with Gasteiger partial charge in [-0.15, -0.1) is 0 Å². The maximum absolute atomic E-state index is 12.8. The second kappa shape index (κ2) is 9.83. The van der Waals surface area contributed by atoms with Crippen molar-refractivity contribution in [3.8, 4) is 5.75 Å². The molecule has 2 aromatic carbocycles. The second-order valence-corrected chi connectivity index (χ2v) is 8.45. The van der Waals surface area contributed by atoms with Crippen LogP contribution in [0.25, 0.3) is 6.08 Å². The first kappa shape index (κ1) is 22.6. The molecule has 0 radical (unpaired) electrons. The first-order chi connectivity index (χ1) is 14.8. The number of carbonyl (C=O) groups excluding carboxylic acids is 3. The van der Waals surface area contributed by atoms with E-state index in [-0.39, 0.29) is 17.6 Å². The van der Waals surface area contributed by atoms with E-state index in [9.17, 15) is 14.4 Å². The highest BCUT2D eigenvalue weighted by Crippen LogP contribution is 2.34. The third kappa shape index (κ3) is 5.35. The number of benzene rings is 2. The zero-order valence-corrected chi connectivity index (χ0v) is 18.9. The van der Waals surface area contributed by atoms with Crippen LogP contribution in [0.4, 0.5) is 10.5 Å². The minimum atomic E-state index is -0.481. The lowest BCUT2D eigenvalue weighted by Gasteiger charge is -2.15. The van der Waals surface area contributed by atoms with Crippen molar-refractivity contribution in [3.63, 3.8) is 0 Å². The highest BCUT2D eigenvalue weighted by atomic mass is 32.2. The Kier molecular flexibility index (Phi) is 7.17. The largest absolute Gasteiger partial charge is 0.490 e. The van der Waals surface area contributed by atoms with Crippen LogP contribution in [0.2, 0.25) is 0 Å². The fourth-order valence-electron chi connectivity index (χ4n) is 3.12. The van der Waals surface area contributed by atoms with Gasteiger partial charge in [-0.05, 0) is 62.2 Å². The third-order valence-electron chi connectivity index (χ3n) is 5.03. The zero-order valence-electron chi connectivity index (χ0n) is 18.1. The molecule has 2 aromatic rings. The quantitative estimate of drug-likeness (QED) is 0.605. The van der Waals surface area contributed by atoms with E-state index in [1.807, 2.05) is 70.2 Å². The van der Waals surface area contributed by atoms with Crippen molar-refractivity contribution in [1.29, 1.82) is 0 Å². The van der Waals surface area contributed by atoms with E-state index in [1.54, 1.807) is 6.08 Å². The molecule has 162 valence electrons. The minimum Gasteiger partial charge on any atom is -0.490 e. The average Bonchev–Trinajstić information content (AvgIpc) is 2.99. The maximum Gasteiger partial charge on any atom is 0.294 e. The lowest BCUT2D eigenvalue weighted by molar-refractivity contribution is -0.127. The second-order valence-electron chi connectivity index (χ2n) is 7.46. The van der Waals surface area contributed by atoms with Crippen molar-refractivity contribution < 1.29 is 19.1 Å². The molecule has 31 heavy (non-hydrogen) atoms. The summed E-state index contributed by atoms with van der Waals surface area (Å²) in [6.45, 7) is 7.46. The predicted octanol–water partition coefficient (Wildman–Crippen LogP) is 5.16. The molecule has 0 aliphatic carbocycles. The molecule has 1 heterocycles. The average molecular weight is 439 g/mol. The SMILES string of the molecule is CC[C@H](C)Oc1ccccc1/C=C1/SC(=O)N(CC(=O)Nc2c(C)cccc2C)C1=O. The minimum absolute atomic E-state index is 0.0261. The van der Waals surface area contributed by atoms with Gasteiger partial charge in [0.25, 0.3) is 11.1 Å². The number of aryl methyl sites for hydroxylation is 2. The normalized spacial score (nSPS) is 16.0. The van der Waals surface area contributed by atoms with Gasteiger partial charge >= 0.3 is 0 Å². The molecule has 0 saturated carbocycles. The van der Waals surface area contributed by atoms with Gasteiger partial charge in [-0.1, -0.05) is 43.3 Å². The molecule has 3 rings (SSSR count). The molecule has 0 spiro atoms. The number of ether oxygens (including phenoxy) is 1. The molecule has 7 heteroatoms. The maximum atomic E-state index is 12.8. The van der Waals surface area contributed by atoms with Crippen molar-refractivity contribution in [1.82, 2.24) is 4.90 Å². The molecule has 0 aromatic heterocycles. The summed E-state index contributed by atoms with van der Waals surface area (Å²) in [4.78, 5) is 39.0. The molecule has 1 aliphatic rings. The molecule has 6 nitrogen and oxygen atoms in total. The summed E-state index contributed by atoms with van der Waals surface area (Å²) in [5, 5.41) is 2.35. The number of nitrogens with zero attached hydrogens (tertiary/aromatic N) is 1. The van der Waals surface area contributed by atoms with Crippen LogP contribution in [0, 0.1) is 13.8 Å². The molecule has 1 saturated heterocycles. The number of nitrogens with one attached hydrogen (secondary N) is 1. The van der Waals surface area contributed by atoms with E-state index in [2.05, 4.69) is 5.32 Å². The number of imide groups is 1. The van der Waals surface area contributed by atoms with Crippen LogP contribution in [0.1, 0.15) is 37.0 Å². The first-order valence-electron chi connectivity index (χ1n) is 10.2. The Hall–Kier alpha value is -3.06. The van der Waals surface area contributed by atoms with Gasteiger partial charge in [0.2, 0.25) is 5.91 Å². The number of hydrogen-bond donors (Lipinski definition) is 1. The Morgan fingerprint density at radius 3 is 2.48 bits per heavy atom. The third-order valence-corrected chi connectivity index (χ3v) is 5.94. The van der Waals surface area contributed by atoms with E-state index >= 15 is 0 Å². The van der Waals surface area contributed by atoms with Crippen LogP contribution in [0.5, 0.6) is 5.75 Å². The highest BCUT2D eigenvalue weighted by molar-refractivity contribution is 8.18. The number of hydrogen-bond acceptors (Lipinski definition) is 5. The van der Waals surface area contributed by atoms with Gasteiger partial charge in [0, 0.05) is 11.3 Å². The summed E-state index contributed by atoms with van der Waals surface area (Å²) in [5.74, 6) is -0.247. The molecule has 0 bridgehead atoms. The van der Waals surface area contributed by atoms with Gasteiger partial charge in [-0.3, -0.25) is 19.3 Å². The molecule has 1 N–H and O–H groups in total. The Morgan fingerprint density at radius 1 is 1.13 bits per heavy atom. The van der Waals surface area contributed by atoms with Gasteiger partial charge in [-0.2, -0.15) is 0 Å². The molecule has 1 atom stereocenters. The Morgan fingerprint density at radius 2 is 1.81 bits per heavy atom. The van der Waals surface area contributed by atoms with Crippen molar-refractivity contribution >= 4 is 40.6 Å². The van der Waals surface area contributed by atoms with E-state index in [4.69, 9.17) is 4.74 Å². The number of rotatable bonds is 7. The Bertz CT molecular complexity index is 1030. The van der Waals surface area contributed by atoms with Gasteiger partial charge in [0.15, 0.2) is 0 Å².